The molecule has 0 saturated heterocycles. The van der Waals surface area contributed by atoms with E-state index in [1.807, 2.05) is 11.4 Å². The molecule has 0 atom stereocenters. The van der Waals surface area contributed by atoms with E-state index in [4.69, 9.17) is 0 Å². The Morgan fingerprint density at radius 2 is 1.52 bits per heavy atom. The Bertz CT molecular complexity index is 718. The smallest absolute Gasteiger partial charge is 0.253 e. The Labute approximate surface area is 129 Å². The number of anilines is 2. The predicted molar refractivity (Wildman–Crippen MR) is 77.1 cm³/mol. The molecule has 8 heteroatoms. The summed E-state index contributed by atoms with van der Waals surface area (Å²) in [5.74, 6) is -7.59. The highest BCUT2D eigenvalue weighted by atomic mass is 19.2. The first-order chi connectivity index (χ1) is 10.8. The van der Waals surface area contributed by atoms with Crippen molar-refractivity contribution in [2.45, 2.75) is 13.8 Å². The monoisotopic (exact) mass is 327 g/mol. The number of benzene rings is 1. The Kier molecular flexibility index (Phi) is 4.83. The lowest BCUT2D eigenvalue weighted by molar-refractivity contribution is -0.114. The molecule has 1 aromatic heterocycles. The third-order valence-corrected chi connectivity index (χ3v) is 3.17. The number of nitrogens with one attached hydrogen (secondary N) is 2. The van der Waals surface area contributed by atoms with Crippen molar-refractivity contribution in [3.05, 3.63) is 52.9 Å². The summed E-state index contributed by atoms with van der Waals surface area (Å²) in [6.07, 6.45) is 0. The highest BCUT2D eigenvalue weighted by Crippen LogP contribution is 2.22. The van der Waals surface area contributed by atoms with Crippen LogP contribution in [0.4, 0.5) is 28.9 Å². The zero-order valence-electron chi connectivity index (χ0n) is 12.3. The summed E-state index contributed by atoms with van der Waals surface area (Å²) in [4.78, 5) is 14.3. The summed E-state index contributed by atoms with van der Waals surface area (Å²) in [6.45, 7) is 2.98. The van der Waals surface area contributed by atoms with Crippen LogP contribution >= 0.6 is 0 Å². The van der Waals surface area contributed by atoms with Gasteiger partial charge in [0.15, 0.2) is 0 Å². The van der Waals surface area contributed by atoms with Crippen molar-refractivity contribution < 1.29 is 22.4 Å². The number of para-hydroxylation sites is 1. The summed E-state index contributed by atoms with van der Waals surface area (Å²) >= 11 is 0. The van der Waals surface area contributed by atoms with Crippen LogP contribution in [0, 0.1) is 37.4 Å². The zero-order valence-corrected chi connectivity index (χ0v) is 12.3. The van der Waals surface area contributed by atoms with Gasteiger partial charge >= 0.3 is 0 Å². The predicted octanol–water partition coefficient (Wildman–Crippen LogP) is 3.31. The van der Waals surface area contributed by atoms with Crippen molar-refractivity contribution in [2.75, 3.05) is 17.2 Å². The van der Waals surface area contributed by atoms with Crippen LogP contribution in [-0.4, -0.2) is 17.4 Å². The number of hydrogen-bond donors (Lipinski definition) is 2. The molecule has 0 bridgehead atoms. The van der Waals surface area contributed by atoms with Gasteiger partial charge in [0, 0.05) is 5.69 Å². The van der Waals surface area contributed by atoms with E-state index < -0.39 is 41.7 Å². The lowest BCUT2D eigenvalue weighted by Crippen LogP contribution is -2.24. The van der Waals surface area contributed by atoms with E-state index in [2.05, 4.69) is 10.3 Å². The molecule has 1 amide bonds. The standard InChI is InChI=1S/C15H13F4N3O/c1-7-4-3-5-8(2)12(7)21-9(23)6-20-13-10(16)14(18)22-15(19)11(13)17/h3-5H,6H2,1-2H3,(H,20,22)(H,21,23). The molecule has 0 fully saturated rings. The Morgan fingerprint density at radius 3 is 2.04 bits per heavy atom. The summed E-state index contributed by atoms with van der Waals surface area (Å²) in [5, 5.41) is 4.61. The molecule has 2 aromatic rings. The van der Waals surface area contributed by atoms with Crippen molar-refractivity contribution >= 4 is 17.3 Å². The molecule has 2 N–H and O–H groups in total. The van der Waals surface area contributed by atoms with E-state index in [-0.39, 0.29) is 0 Å². The fourth-order valence-electron chi connectivity index (χ4n) is 2.01. The SMILES string of the molecule is Cc1cccc(C)c1NC(=O)CNc1c(F)c(F)nc(F)c1F. The second kappa shape index (κ2) is 6.64. The van der Waals surface area contributed by atoms with Gasteiger partial charge in [-0.15, -0.1) is 0 Å². The molecule has 0 aliphatic carbocycles. The lowest BCUT2D eigenvalue weighted by atomic mass is 10.1. The summed E-state index contributed by atoms with van der Waals surface area (Å²) in [7, 11) is 0. The van der Waals surface area contributed by atoms with Gasteiger partial charge in [-0.3, -0.25) is 4.79 Å². The van der Waals surface area contributed by atoms with Gasteiger partial charge in [-0.2, -0.15) is 22.5 Å². The largest absolute Gasteiger partial charge is 0.371 e. The fourth-order valence-corrected chi connectivity index (χ4v) is 2.01. The number of carbonyl (C=O) groups excluding carboxylic acids is 1. The van der Waals surface area contributed by atoms with E-state index in [0.29, 0.717) is 5.69 Å². The number of hydrogen-bond acceptors (Lipinski definition) is 3. The molecule has 0 unspecified atom stereocenters. The van der Waals surface area contributed by atoms with Crippen molar-refractivity contribution in [2.24, 2.45) is 0 Å². The summed E-state index contributed by atoms with van der Waals surface area (Å²) < 4.78 is 52.7. The van der Waals surface area contributed by atoms with E-state index in [0.717, 1.165) is 11.1 Å². The second-order valence-corrected chi connectivity index (χ2v) is 4.86. The van der Waals surface area contributed by atoms with E-state index in [1.165, 1.54) is 0 Å². The number of nitrogens with zero attached hydrogens (tertiary/aromatic N) is 1. The minimum absolute atomic E-state index is 0.562. The van der Waals surface area contributed by atoms with Crippen molar-refractivity contribution in [1.29, 1.82) is 0 Å². The van der Waals surface area contributed by atoms with Gasteiger partial charge < -0.3 is 10.6 Å². The number of aryl methyl sites for hydroxylation is 2. The van der Waals surface area contributed by atoms with Crippen LogP contribution in [-0.2, 0) is 4.79 Å². The van der Waals surface area contributed by atoms with Crippen LogP contribution in [0.2, 0.25) is 0 Å². The van der Waals surface area contributed by atoms with Gasteiger partial charge in [0.05, 0.1) is 6.54 Å². The Balaban J connectivity index is 2.12. The lowest BCUT2D eigenvalue weighted by Gasteiger charge is -2.13. The van der Waals surface area contributed by atoms with Crippen molar-refractivity contribution in [3.8, 4) is 0 Å². The maximum Gasteiger partial charge on any atom is 0.253 e. The van der Waals surface area contributed by atoms with Crippen LogP contribution < -0.4 is 10.6 Å². The minimum atomic E-state index is -1.79. The first-order valence-corrected chi connectivity index (χ1v) is 6.61. The molecule has 0 saturated carbocycles. The highest BCUT2D eigenvalue weighted by Gasteiger charge is 2.21. The number of carbonyl (C=O) groups is 1. The van der Waals surface area contributed by atoms with Crippen LogP contribution in [0.3, 0.4) is 0 Å². The quantitative estimate of drug-likeness (QED) is 0.669. The van der Waals surface area contributed by atoms with Crippen LogP contribution in [0.25, 0.3) is 0 Å². The molecule has 4 nitrogen and oxygen atoms in total. The number of halogens is 4. The maximum atomic E-state index is 13.4. The van der Waals surface area contributed by atoms with Crippen molar-refractivity contribution in [3.63, 3.8) is 0 Å². The van der Waals surface area contributed by atoms with Crippen molar-refractivity contribution in [1.82, 2.24) is 4.98 Å². The topological polar surface area (TPSA) is 54.0 Å². The molecule has 0 radical (unpaired) electrons. The molecule has 0 aliphatic heterocycles. The molecular weight excluding hydrogens is 314 g/mol. The molecular formula is C15H13F4N3O. The van der Waals surface area contributed by atoms with E-state index in [9.17, 15) is 22.4 Å². The normalized spacial score (nSPS) is 10.5. The average molecular weight is 327 g/mol. The van der Waals surface area contributed by atoms with Crippen LogP contribution in [0.1, 0.15) is 11.1 Å². The van der Waals surface area contributed by atoms with Gasteiger partial charge in [0.25, 0.3) is 11.9 Å². The number of aromatic nitrogens is 1. The second-order valence-electron chi connectivity index (χ2n) is 4.86. The summed E-state index contributed by atoms with van der Waals surface area (Å²) in [5.41, 5.74) is 1.09. The Hall–Kier alpha value is -2.64. The first-order valence-electron chi connectivity index (χ1n) is 6.61. The van der Waals surface area contributed by atoms with E-state index >= 15 is 0 Å². The molecule has 122 valence electrons. The average Bonchev–Trinajstić information content (AvgIpc) is 2.49. The molecule has 0 spiro atoms. The van der Waals surface area contributed by atoms with Crippen LogP contribution in [0.15, 0.2) is 18.2 Å². The first kappa shape index (κ1) is 16.7. The third kappa shape index (κ3) is 3.58. The molecule has 0 aliphatic rings. The molecule has 1 heterocycles. The van der Waals surface area contributed by atoms with Gasteiger partial charge in [0.1, 0.15) is 5.69 Å². The molecule has 23 heavy (non-hydrogen) atoms. The van der Waals surface area contributed by atoms with Gasteiger partial charge in [0.2, 0.25) is 17.5 Å². The number of rotatable bonds is 4. The highest BCUT2D eigenvalue weighted by molar-refractivity contribution is 5.95. The molecule has 2 rings (SSSR count). The number of pyridine rings is 1. The van der Waals surface area contributed by atoms with E-state index in [1.54, 1.807) is 26.0 Å². The van der Waals surface area contributed by atoms with Gasteiger partial charge in [-0.25, -0.2) is 0 Å². The van der Waals surface area contributed by atoms with Crippen LogP contribution in [0.5, 0.6) is 0 Å². The molecule has 1 aromatic carbocycles. The third-order valence-electron chi connectivity index (χ3n) is 3.17. The minimum Gasteiger partial charge on any atom is -0.371 e. The maximum absolute atomic E-state index is 13.4. The Morgan fingerprint density at radius 1 is 1.00 bits per heavy atom. The van der Waals surface area contributed by atoms with Gasteiger partial charge in [-0.1, -0.05) is 18.2 Å². The summed E-state index contributed by atoms with van der Waals surface area (Å²) in [6, 6.07) is 5.37. The number of amides is 1. The van der Waals surface area contributed by atoms with Gasteiger partial charge in [-0.05, 0) is 25.0 Å². The zero-order chi connectivity index (χ0) is 17.1. The fraction of sp³-hybridized carbons (Fsp3) is 0.200.